The molecule has 0 aliphatic heterocycles. The zero-order valence-electron chi connectivity index (χ0n) is 15.4. The molecular weight excluding hydrogens is 379 g/mol. The molecule has 1 amide bonds. The molecule has 1 heterocycles. The number of nitrogens with one attached hydrogen (secondary N) is 1. The normalized spacial score (nSPS) is 18.8. The van der Waals surface area contributed by atoms with E-state index in [1.54, 1.807) is 6.07 Å². The van der Waals surface area contributed by atoms with Gasteiger partial charge in [0.1, 0.15) is 5.82 Å². The number of aliphatic hydroxyl groups is 1. The van der Waals surface area contributed by atoms with Gasteiger partial charge in [0.05, 0.1) is 16.0 Å². The van der Waals surface area contributed by atoms with Gasteiger partial charge in [-0.2, -0.15) is 0 Å². The molecule has 0 radical (unpaired) electrons. The molecule has 1 saturated carbocycles. The number of hydrogen-bond donors (Lipinski definition) is 2. The average Bonchev–Trinajstić information content (AvgIpc) is 3.31. The molecule has 150 valence electrons. The molecule has 8 nitrogen and oxygen atoms in total. The molecule has 4 rings (SSSR count). The van der Waals surface area contributed by atoms with Gasteiger partial charge >= 0.3 is 0 Å². The standard InChI is InChI=1S/C20H19FN4O4/c21-14-5-7-18-17(10-14)22-20(24(18)15-6-4-12(8-15)11-26)23-19(27)13-2-1-3-16(9-13)25(28)29/h1-3,5,7,9-10,12,15,26H,4,6,8,11H2,(H,22,23,27)/t12-,15-/m0/s1. The lowest BCUT2D eigenvalue weighted by Crippen LogP contribution is -2.18. The number of carbonyl (C=O) groups is 1. The minimum atomic E-state index is -0.567. The second-order valence-electron chi connectivity index (χ2n) is 7.22. The van der Waals surface area contributed by atoms with Crippen LogP contribution in [0.15, 0.2) is 42.5 Å². The monoisotopic (exact) mass is 398 g/mol. The highest BCUT2D eigenvalue weighted by molar-refractivity contribution is 6.04. The van der Waals surface area contributed by atoms with Gasteiger partial charge in [-0.05, 0) is 43.4 Å². The fourth-order valence-corrected chi connectivity index (χ4v) is 3.91. The maximum Gasteiger partial charge on any atom is 0.270 e. The van der Waals surface area contributed by atoms with E-state index in [1.165, 1.54) is 36.4 Å². The summed E-state index contributed by atoms with van der Waals surface area (Å²) in [5, 5.41) is 23.2. The van der Waals surface area contributed by atoms with Gasteiger partial charge in [0, 0.05) is 36.4 Å². The lowest BCUT2D eigenvalue weighted by molar-refractivity contribution is -0.384. The number of nitro benzene ring substituents is 1. The number of amides is 1. The number of carbonyl (C=O) groups excluding carboxylic acids is 1. The van der Waals surface area contributed by atoms with Crippen molar-refractivity contribution in [3.8, 4) is 0 Å². The Hall–Kier alpha value is -3.33. The molecule has 0 unspecified atom stereocenters. The van der Waals surface area contributed by atoms with E-state index in [1.807, 2.05) is 4.57 Å². The van der Waals surface area contributed by atoms with Crippen LogP contribution < -0.4 is 5.32 Å². The van der Waals surface area contributed by atoms with Crippen molar-refractivity contribution in [2.75, 3.05) is 11.9 Å². The van der Waals surface area contributed by atoms with Gasteiger partial charge in [-0.15, -0.1) is 0 Å². The zero-order valence-corrected chi connectivity index (χ0v) is 15.4. The first-order valence-corrected chi connectivity index (χ1v) is 9.30. The van der Waals surface area contributed by atoms with Crippen LogP contribution in [0.5, 0.6) is 0 Å². The van der Waals surface area contributed by atoms with E-state index < -0.39 is 16.6 Å². The Balaban J connectivity index is 1.71. The first kappa shape index (κ1) is 19.0. The molecule has 1 aliphatic carbocycles. The average molecular weight is 398 g/mol. The Morgan fingerprint density at radius 1 is 1.31 bits per heavy atom. The largest absolute Gasteiger partial charge is 0.396 e. The van der Waals surface area contributed by atoms with Crippen LogP contribution in [0.1, 0.15) is 35.7 Å². The minimum absolute atomic E-state index is 0.00280. The summed E-state index contributed by atoms with van der Waals surface area (Å²) in [6.07, 6.45) is 2.37. The van der Waals surface area contributed by atoms with Gasteiger partial charge in [0.2, 0.25) is 5.95 Å². The Bertz CT molecular complexity index is 1100. The number of nitro groups is 1. The molecule has 2 atom stereocenters. The van der Waals surface area contributed by atoms with Crippen molar-refractivity contribution in [1.29, 1.82) is 0 Å². The highest BCUT2D eigenvalue weighted by Crippen LogP contribution is 2.38. The number of rotatable bonds is 5. The smallest absolute Gasteiger partial charge is 0.270 e. The van der Waals surface area contributed by atoms with Crippen molar-refractivity contribution in [2.45, 2.75) is 25.3 Å². The van der Waals surface area contributed by atoms with Crippen molar-refractivity contribution in [3.63, 3.8) is 0 Å². The van der Waals surface area contributed by atoms with E-state index in [9.17, 15) is 24.4 Å². The SMILES string of the molecule is O=C(Nc1nc2cc(F)ccc2n1[C@H]1CC[C@H](CO)C1)c1cccc([N+](=O)[O-])c1. The molecule has 3 aromatic rings. The number of fused-ring (bicyclic) bond motifs is 1. The highest BCUT2D eigenvalue weighted by atomic mass is 19.1. The maximum atomic E-state index is 13.7. The second kappa shape index (κ2) is 7.59. The lowest BCUT2D eigenvalue weighted by atomic mass is 10.1. The van der Waals surface area contributed by atoms with Crippen LogP contribution >= 0.6 is 0 Å². The number of non-ortho nitro benzene ring substituents is 1. The first-order valence-electron chi connectivity index (χ1n) is 9.30. The second-order valence-corrected chi connectivity index (χ2v) is 7.22. The van der Waals surface area contributed by atoms with E-state index in [4.69, 9.17) is 0 Å². The van der Waals surface area contributed by atoms with Crippen LogP contribution in [0.25, 0.3) is 11.0 Å². The number of nitrogens with zero attached hydrogens (tertiary/aromatic N) is 3. The summed E-state index contributed by atoms with van der Waals surface area (Å²) in [5.74, 6) is -0.551. The Morgan fingerprint density at radius 2 is 2.14 bits per heavy atom. The van der Waals surface area contributed by atoms with E-state index in [2.05, 4.69) is 10.3 Å². The fraction of sp³-hybridized carbons (Fsp3) is 0.300. The van der Waals surface area contributed by atoms with Gasteiger partial charge in [-0.25, -0.2) is 9.37 Å². The van der Waals surface area contributed by atoms with E-state index in [-0.39, 0.29) is 35.8 Å². The Morgan fingerprint density at radius 3 is 2.86 bits per heavy atom. The van der Waals surface area contributed by atoms with Gasteiger partial charge < -0.3 is 9.67 Å². The van der Waals surface area contributed by atoms with Gasteiger partial charge in [-0.1, -0.05) is 6.07 Å². The van der Waals surface area contributed by atoms with Crippen LogP contribution in [0.2, 0.25) is 0 Å². The predicted molar refractivity (Wildman–Crippen MR) is 104 cm³/mol. The maximum absolute atomic E-state index is 13.7. The van der Waals surface area contributed by atoms with E-state index in [0.29, 0.717) is 11.0 Å². The molecule has 2 N–H and O–H groups in total. The van der Waals surface area contributed by atoms with Gasteiger partial charge in [0.15, 0.2) is 0 Å². The summed E-state index contributed by atoms with van der Waals surface area (Å²) in [5.41, 5.74) is 1.04. The number of imidazole rings is 1. The predicted octanol–water partition coefficient (Wildman–Crippen LogP) is 3.67. The zero-order chi connectivity index (χ0) is 20.5. The number of aliphatic hydroxyl groups excluding tert-OH is 1. The summed E-state index contributed by atoms with van der Waals surface area (Å²) in [6, 6.07) is 9.68. The van der Waals surface area contributed by atoms with Crippen LogP contribution in [-0.4, -0.2) is 32.1 Å². The van der Waals surface area contributed by atoms with Crippen molar-refractivity contribution in [1.82, 2.24) is 9.55 Å². The molecule has 1 aromatic heterocycles. The van der Waals surface area contributed by atoms with Crippen molar-refractivity contribution in [2.24, 2.45) is 5.92 Å². The Kier molecular flexibility index (Phi) is 4.98. The molecule has 2 aromatic carbocycles. The molecule has 0 bridgehead atoms. The first-order chi connectivity index (χ1) is 14.0. The molecule has 0 saturated heterocycles. The summed E-state index contributed by atoms with van der Waals surface area (Å²) in [7, 11) is 0. The Labute approximate surface area is 165 Å². The van der Waals surface area contributed by atoms with Gasteiger partial charge in [-0.3, -0.25) is 20.2 Å². The molecule has 29 heavy (non-hydrogen) atoms. The summed E-state index contributed by atoms with van der Waals surface area (Å²) < 4.78 is 15.5. The molecular formula is C20H19FN4O4. The molecule has 9 heteroatoms. The minimum Gasteiger partial charge on any atom is -0.396 e. The third-order valence-corrected chi connectivity index (χ3v) is 5.33. The van der Waals surface area contributed by atoms with Gasteiger partial charge in [0.25, 0.3) is 11.6 Å². The van der Waals surface area contributed by atoms with Crippen LogP contribution in [0, 0.1) is 21.8 Å². The molecule has 1 aliphatic rings. The number of halogens is 1. The van der Waals surface area contributed by atoms with E-state index in [0.717, 1.165) is 19.3 Å². The van der Waals surface area contributed by atoms with Crippen molar-refractivity contribution >= 4 is 28.6 Å². The number of hydrogen-bond acceptors (Lipinski definition) is 5. The van der Waals surface area contributed by atoms with E-state index >= 15 is 0 Å². The lowest BCUT2D eigenvalue weighted by Gasteiger charge is -2.17. The quantitative estimate of drug-likeness (QED) is 0.503. The topological polar surface area (TPSA) is 110 Å². The fourth-order valence-electron chi connectivity index (χ4n) is 3.91. The molecule has 0 spiro atoms. The molecule has 1 fully saturated rings. The summed E-state index contributed by atoms with van der Waals surface area (Å²) in [6.45, 7) is 0.0904. The van der Waals surface area contributed by atoms with Crippen LogP contribution in [-0.2, 0) is 0 Å². The van der Waals surface area contributed by atoms with Crippen LogP contribution in [0.4, 0.5) is 16.0 Å². The number of anilines is 1. The van der Waals surface area contributed by atoms with Crippen molar-refractivity contribution in [3.05, 3.63) is 64.0 Å². The number of aromatic nitrogens is 2. The van der Waals surface area contributed by atoms with Crippen molar-refractivity contribution < 1.29 is 19.2 Å². The number of benzene rings is 2. The summed E-state index contributed by atoms with van der Waals surface area (Å²) in [4.78, 5) is 27.5. The third kappa shape index (κ3) is 3.68. The highest BCUT2D eigenvalue weighted by Gasteiger charge is 2.29. The third-order valence-electron chi connectivity index (χ3n) is 5.33. The van der Waals surface area contributed by atoms with Crippen LogP contribution in [0.3, 0.4) is 0 Å². The summed E-state index contributed by atoms with van der Waals surface area (Å²) >= 11 is 0.